The van der Waals surface area contributed by atoms with Crippen molar-refractivity contribution in [1.29, 1.82) is 0 Å². The van der Waals surface area contributed by atoms with Gasteiger partial charge in [-0.3, -0.25) is 4.79 Å². The molecule has 6 nitrogen and oxygen atoms in total. The van der Waals surface area contributed by atoms with Gasteiger partial charge in [0.2, 0.25) is 10.0 Å². The molecule has 0 bridgehead atoms. The average molecular weight is 342 g/mol. The van der Waals surface area contributed by atoms with Crippen molar-refractivity contribution < 1.29 is 17.9 Å². The van der Waals surface area contributed by atoms with E-state index in [1.54, 1.807) is 19.9 Å². The highest BCUT2D eigenvalue weighted by atomic mass is 32.2. The number of rotatable bonds is 8. The molecule has 0 spiro atoms. The highest BCUT2D eigenvalue weighted by Crippen LogP contribution is 2.27. The quantitative estimate of drug-likeness (QED) is 0.785. The zero-order chi connectivity index (χ0) is 17.6. The minimum Gasteiger partial charge on any atom is -0.495 e. The maximum absolute atomic E-state index is 12.7. The van der Waals surface area contributed by atoms with Crippen molar-refractivity contribution in [1.82, 2.24) is 9.62 Å². The number of benzene rings is 1. The van der Waals surface area contributed by atoms with E-state index in [4.69, 9.17) is 4.74 Å². The Morgan fingerprint density at radius 2 is 1.87 bits per heavy atom. The molecule has 0 unspecified atom stereocenters. The highest BCUT2D eigenvalue weighted by molar-refractivity contribution is 7.89. The van der Waals surface area contributed by atoms with Crippen molar-refractivity contribution in [3.05, 3.63) is 23.8 Å². The number of carbonyl (C=O) groups is 1. The molecule has 1 rings (SSSR count). The zero-order valence-corrected chi connectivity index (χ0v) is 15.2. The van der Waals surface area contributed by atoms with Gasteiger partial charge in [0, 0.05) is 25.2 Å². The predicted molar refractivity (Wildman–Crippen MR) is 90.3 cm³/mol. The minimum absolute atomic E-state index is 0.0147. The molecule has 0 radical (unpaired) electrons. The first-order valence-corrected chi connectivity index (χ1v) is 9.18. The number of sulfonamides is 1. The molecule has 0 aliphatic carbocycles. The number of nitrogens with one attached hydrogen (secondary N) is 1. The van der Waals surface area contributed by atoms with Gasteiger partial charge in [0.15, 0.2) is 0 Å². The lowest BCUT2D eigenvalue weighted by atomic mass is 10.2. The Balaban J connectivity index is 3.26. The van der Waals surface area contributed by atoms with Crippen LogP contribution in [0.4, 0.5) is 0 Å². The van der Waals surface area contributed by atoms with E-state index in [0.29, 0.717) is 31.1 Å². The van der Waals surface area contributed by atoms with Gasteiger partial charge in [-0.15, -0.1) is 0 Å². The van der Waals surface area contributed by atoms with Crippen molar-refractivity contribution in [3.63, 3.8) is 0 Å². The Bertz CT molecular complexity index is 637. The van der Waals surface area contributed by atoms with Crippen molar-refractivity contribution in [2.45, 2.75) is 32.6 Å². The van der Waals surface area contributed by atoms with Crippen LogP contribution in [0.15, 0.2) is 23.1 Å². The first-order chi connectivity index (χ1) is 10.8. The monoisotopic (exact) mass is 342 g/mol. The molecule has 23 heavy (non-hydrogen) atoms. The Kier molecular flexibility index (Phi) is 7.02. The Morgan fingerprint density at radius 3 is 2.35 bits per heavy atom. The van der Waals surface area contributed by atoms with Gasteiger partial charge >= 0.3 is 0 Å². The number of methoxy groups -OCH3 is 1. The second-order valence-corrected chi connectivity index (χ2v) is 7.47. The van der Waals surface area contributed by atoms with Gasteiger partial charge < -0.3 is 10.1 Å². The Labute approximate surface area is 138 Å². The van der Waals surface area contributed by atoms with Crippen LogP contribution < -0.4 is 10.1 Å². The summed E-state index contributed by atoms with van der Waals surface area (Å²) in [5.74, 6) is 0.255. The molecule has 0 fully saturated rings. The van der Waals surface area contributed by atoms with Gasteiger partial charge in [0.05, 0.1) is 7.11 Å². The van der Waals surface area contributed by atoms with E-state index in [2.05, 4.69) is 5.32 Å². The molecule has 7 heteroatoms. The third-order valence-electron chi connectivity index (χ3n) is 3.42. The second kappa shape index (κ2) is 8.31. The number of nitrogens with zero attached hydrogens (tertiary/aromatic N) is 1. The standard InChI is InChI=1S/C16H26N2O4S/c1-6-18(7-2)23(20,21)15-10-13(8-9-14(15)22-5)16(19)17-11-12(3)4/h8-10,12H,6-7,11H2,1-5H3,(H,17,19). The molecule has 0 atom stereocenters. The maximum Gasteiger partial charge on any atom is 0.251 e. The predicted octanol–water partition coefficient (Wildman–Crippen LogP) is 2.11. The summed E-state index contributed by atoms with van der Waals surface area (Å²) in [6.07, 6.45) is 0. The van der Waals surface area contributed by atoms with Gasteiger partial charge in [-0.2, -0.15) is 4.31 Å². The summed E-state index contributed by atoms with van der Waals surface area (Å²) in [6, 6.07) is 4.46. The van der Waals surface area contributed by atoms with Crippen LogP contribution in [-0.4, -0.2) is 45.4 Å². The van der Waals surface area contributed by atoms with Crippen molar-refractivity contribution in [2.75, 3.05) is 26.7 Å². The molecule has 0 saturated heterocycles. The molecule has 1 aromatic carbocycles. The molecular weight excluding hydrogens is 316 g/mol. The third kappa shape index (κ3) is 4.68. The summed E-state index contributed by atoms with van der Waals surface area (Å²) in [6.45, 7) is 8.76. The Hall–Kier alpha value is -1.60. The van der Waals surface area contributed by atoms with E-state index >= 15 is 0 Å². The smallest absolute Gasteiger partial charge is 0.251 e. The van der Waals surface area contributed by atoms with Crippen molar-refractivity contribution >= 4 is 15.9 Å². The molecule has 1 aromatic rings. The van der Waals surface area contributed by atoms with Crippen LogP contribution in [0.5, 0.6) is 5.75 Å². The number of carbonyl (C=O) groups excluding carboxylic acids is 1. The van der Waals surface area contributed by atoms with Crippen LogP contribution >= 0.6 is 0 Å². The summed E-state index contributed by atoms with van der Waals surface area (Å²) < 4.78 is 32.0. The normalized spacial score (nSPS) is 11.8. The molecule has 0 aromatic heterocycles. The van der Waals surface area contributed by atoms with E-state index in [9.17, 15) is 13.2 Å². The lowest BCUT2D eigenvalue weighted by Crippen LogP contribution is -2.31. The van der Waals surface area contributed by atoms with Crippen LogP contribution in [0.3, 0.4) is 0 Å². The topological polar surface area (TPSA) is 75.7 Å². The average Bonchev–Trinajstić information content (AvgIpc) is 2.52. The van der Waals surface area contributed by atoms with Gasteiger partial charge in [0.25, 0.3) is 5.91 Å². The lowest BCUT2D eigenvalue weighted by Gasteiger charge is -2.20. The molecular formula is C16H26N2O4S. The first kappa shape index (κ1) is 19.4. The summed E-state index contributed by atoms with van der Waals surface area (Å²) in [7, 11) is -2.29. The van der Waals surface area contributed by atoms with Crippen LogP contribution in [0.25, 0.3) is 0 Å². The number of ether oxygens (including phenoxy) is 1. The van der Waals surface area contributed by atoms with E-state index in [-0.39, 0.29) is 16.6 Å². The molecule has 1 amide bonds. The number of hydrogen-bond acceptors (Lipinski definition) is 4. The van der Waals surface area contributed by atoms with Crippen LogP contribution in [0.1, 0.15) is 38.1 Å². The van der Waals surface area contributed by atoms with Crippen molar-refractivity contribution in [3.8, 4) is 5.75 Å². The number of amides is 1. The van der Waals surface area contributed by atoms with Gasteiger partial charge in [-0.1, -0.05) is 27.7 Å². The van der Waals surface area contributed by atoms with Gasteiger partial charge in [-0.05, 0) is 24.1 Å². The fraction of sp³-hybridized carbons (Fsp3) is 0.562. The summed E-state index contributed by atoms with van der Waals surface area (Å²) in [5.41, 5.74) is 0.303. The third-order valence-corrected chi connectivity index (χ3v) is 5.49. The van der Waals surface area contributed by atoms with E-state index in [1.165, 1.54) is 23.5 Å². The summed E-state index contributed by atoms with van der Waals surface area (Å²) in [5, 5.41) is 2.78. The summed E-state index contributed by atoms with van der Waals surface area (Å²) in [4.78, 5) is 12.2. The van der Waals surface area contributed by atoms with Crippen LogP contribution in [-0.2, 0) is 10.0 Å². The molecule has 130 valence electrons. The van der Waals surface area contributed by atoms with E-state index in [0.717, 1.165) is 0 Å². The molecule has 0 aliphatic rings. The Morgan fingerprint density at radius 1 is 1.26 bits per heavy atom. The first-order valence-electron chi connectivity index (χ1n) is 7.74. The second-order valence-electron chi connectivity index (χ2n) is 5.56. The van der Waals surface area contributed by atoms with Crippen molar-refractivity contribution in [2.24, 2.45) is 5.92 Å². The van der Waals surface area contributed by atoms with Gasteiger partial charge in [-0.25, -0.2) is 8.42 Å². The molecule has 0 saturated carbocycles. The molecule has 0 heterocycles. The van der Waals surface area contributed by atoms with E-state index < -0.39 is 10.0 Å². The van der Waals surface area contributed by atoms with Gasteiger partial charge in [0.1, 0.15) is 10.6 Å². The SMILES string of the molecule is CCN(CC)S(=O)(=O)c1cc(C(=O)NCC(C)C)ccc1OC. The van der Waals surface area contributed by atoms with Crippen LogP contribution in [0.2, 0.25) is 0 Å². The largest absolute Gasteiger partial charge is 0.495 e. The fourth-order valence-electron chi connectivity index (χ4n) is 2.12. The van der Waals surface area contributed by atoms with E-state index in [1.807, 2.05) is 13.8 Å². The molecule has 1 N–H and O–H groups in total. The minimum atomic E-state index is -3.70. The highest BCUT2D eigenvalue weighted by Gasteiger charge is 2.26. The number of hydrogen-bond donors (Lipinski definition) is 1. The molecule has 0 aliphatic heterocycles. The zero-order valence-electron chi connectivity index (χ0n) is 14.4. The maximum atomic E-state index is 12.7. The fourth-order valence-corrected chi connectivity index (χ4v) is 3.76. The summed E-state index contributed by atoms with van der Waals surface area (Å²) >= 11 is 0. The lowest BCUT2D eigenvalue weighted by molar-refractivity contribution is 0.0948. The van der Waals surface area contributed by atoms with Crippen LogP contribution in [0, 0.1) is 5.92 Å².